The van der Waals surface area contributed by atoms with Crippen LogP contribution in [-0.4, -0.2) is 28.2 Å². The molecule has 0 aliphatic heterocycles. The van der Waals surface area contributed by atoms with Crippen molar-refractivity contribution in [2.75, 3.05) is 0 Å². The van der Waals surface area contributed by atoms with E-state index in [9.17, 15) is 0 Å². The van der Waals surface area contributed by atoms with Crippen LogP contribution in [0.25, 0.3) is 176 Å². The van der Waals surface area contributed by atoms with E-state index in [0.717, 1.165) is 77.5 Å². The number of benzene rings is 14. The highest BCUT2D eigenvalue weighted by atomic mass is 15.1. The molecule has 0 fully saturated rings. The van der Waals surface area contributed by atoms with Crippen LogP contribution in [0.4, 0.5) is 0 Å². The molecule has 6 heteroatoms. The topological polar surface area (TPSA) is 45.5 Å². The van der Waals surface area contributed by atoms with E-state index in [4.69, 9.17) is 9.97 Å². The van der Waals surface area contributed by atoms with Crippen LogP contribution in [-0.2, 0) is 0 Å². The number of hydrogen-bond donors (Lipinski definition) is 0. The van der Waals surface area contributed by atoms with Crippen molar-refractivity contribution in [1.29, 1.82) is 0 Å². The maximum atomic E-state index is 5.64. The van der Waals surface area contributed by atoms with Crippen LogP contribution in [0.15, 0.2) is 303 Å². The number of nitrogens with zero attached hydrogens (tertiary/aromatic N) is 6. The first-order valence-corrected chi connectivity index (χ1v) is 30.1. The van der Waals surface area contributed by atoms with Crippen LogP contribution in [0.5, 0.6) is 0 Å². The lowest BCUT2D eigenvalue weighted by Gasteiger charge is -2.15. The Kier molecular flexibility index (Phi) is 10.4. The molecule has 0 aliphatic carbocycles. The second-order valence-electron chi connectivity index (χ2n) is 23.3. The van der Waals surface area contributed by atoms with Gasteiger partial charge in [0.2, 0.25) is 0 Å². The Morgan fingerprint density at radius 2 is 0.557 bits per heavy atom. The summed E-state index contributed by atoms with van der Waals surface area (Å²) in [4.78, 5) is 11.1. The lowest BCUT2D eigenvalue weighted by Crippen LogP contribution is -2.03. The van der Waals surface area contributed by atoms with E-state index in [1.807, 2.05) is 0 Å². The maximum absolute atomic E-state index is 5.64. The third-order valence-corrected chi connectivity index (χ3v) is 18.5. The Bertz CT molecular complexity index is 6120. The molecule has 19 rings (SSSR count). The molecule has 0 unspecified atom stereocenters. The van der Waals surface area contributed by atoms with Crippen molar-refractivity contribution < 1.29 is 0 Å². The zero-order chi connectivity index (χ0) is 57.6. The van der Waals surface area contributed by atoms with E-state index in [2.05, 4.69) is 322 Å². The van der Waals surface area contributed by atoms with Crippen LogP contribution < -0.4 is 0 Å². The summed E-state index contributed by atoms with van der Waals surface area (Å²) in [7, 11) is 0. The fourth-order valence-corrected chi connectivity index (χ4v) is 14.5. The van der Waals surface area contributed by atoms with Crippen LogP contribution in [0, 0.1) is 0 Å². The third kappa shape index (κ3) is 7.23. The van der Waals surface area contributed by atoms with Crippen molar-refractivity contribution in [1.82, 2.24) is 28.2 Å². The first-order valence-electron chi connectivity index (χ1n) is 30.1. The van der Waals surface area contributed by atoms with Crippen LogP contribution in [0.3, 0.4) is 0 Å². The lowest BCUT2D eigenvalue weighted by molar-refractivity contribution is 1.08. The van der Waals surface area contributed by atoms with Gasteiger partial charge in [0.25, 0.3) is 0 Å². The summed E-state index contributed by atoms with van der Waals surface area (Å²) >= 11 is 0. The first kappa shape index (κ1) is 48.5. The Labute approximate surface area is 504 Å². The van der Waals surface area contributed by atoms with Gasteiger partial charge in [-0.2, -0.15) is 0 Å². The van der Waals surface area contributed by atoms with E-state index in [1.54, 1.807) is 0 Å². The van der Waals surface area contributed by atoms with Gasteiger partial charge in [-0.05, 0) is 160 Å². The van der Waals surface area contributed by atoms with Crippen LogP contribution in [0.1, 0.15) is 0 Å². The molecule has 14 aromatic carbocycles. The monoisotopic (exact) mass is 1120 g/mol. The average Bonchev–Trinajstić information content (AvgIpc) is 1.89. The summed E-state index contributed by atoms with van der Waals surface area (Å²) in [6.07, 6.45) is 0. The van der Waals surface area contributed by atoms with Gasteiger partial charge >= 0.3 is 0 Å². The average molecular weight is 1120 g/mol. The Hall–Kier alpha value is -11.9. The third-order valence-electron chi connectivity index (χ3n) is 18.5. The molecule has 0 aliphatic rings. The normalized spacial score (nSPS) is 12.1. The molecule has 0 atom stereocenters. The molecule has 0 N–H and O–H groups in total. The molecule has 88 heavy (non-hydrogen) atoms. The van der Waals surface area contributed by atoms with Gasteiger partial charge in [-0.25, -0.2) is 9.97 Å². The van der Waals surface area contributed by atoms with E-state index in [-0.39, 0.29) is 0 Å². The Balaban J connectivity index is 0.720. The zero-order valence-corrected chi connectivity index (χ0v) is 47.6. The lowest BCUT2D eigenvalue weighted by atomic mass is 10.0. The van der Waals surface area contributed by atoms with Gasteiger partial charge in [0.1, 0.15) is 5.82 Å². The van der Waals surface area contributed by atoms with Gasteiger partial charge in [0, 0.05) is 76.5 Å². The minimum Gasteiger partial charge on any atom is -0.309 e. The zero-order valence-electron chi connectivity index (χ0n) is 47.6. The highest BCUT2D eigenvalue weighted by molar-refractivity contribution is 6.16. The SMILES string of the molecule is c1ccc(-n2c3ccccc3c3cc(-c4ccc5c(c4)c4ccccc4n5-c4ccc5cc(-c6nc(-n7c8ccccc8c8cc(-c9ccc%10c(c9)c9ccccc9n%10-c9ccccc9)ccc87)c7ccc8ccccc8c7n6)ccc5c4)ccc32)cc1. The highest BCUT2D eigenvalue weighted by Gasteiger charge is 2.22. The van der Waals surface area contributed by atoms with Crippen molar-refractivity contribution >= 4 is 120 Å². The van der Waals surface area contributed by atoms with Crippen molar-refractivity contribution in [2.24, 2.45) is 0 Å². The number of fused-ring (bicyclic) bond motifs is 16. The number of aromatic nitrogens is 6. The summed E-state index contributed by atoms with van der Waals surface area (Å²) in [5, 5.41) is 15.2. The van der Waals surface area contributed by atoms with Gasteiger partial charge in [0.05, 0.1) is 49.7 Å². The quantitative estimate of drug-likeness (QED) is 0.149. The molecule has 0 radical (unpaired) electrons. The van der Waals surface area contributed by atoms with Gasteiger partial charge in [-0.3, -0.25) is 4.57 Å². The maximum Gasteiger partial charge on any atom is 0.162 e. The van der Waals surface area contributed by atoms with Crippen LogP contribution >= 0.6 is 0 Å². The molecule has 408 valence electrons. The van der Waals surface area contributed by atoms with Crippen LogP contribution in [0.2, 0.25) is 0 Å². The molecule has 5 aromatic heterocycles. The molecular formula is C82H50N6. The molecule has 0 bridgehead atoms. The van der Waals surface area contributed by atoms with Crippen molar-refractivity contribution in [2.45, 2.75) is 0 Å². The fourth-order valence-electron chi connectivity index (χ4n) is 14.5. The second kappa shape index (κ2) is 18.8. The first-order chi connectivity index (χ1) is 43.6. The minimum atomic E-state index is 0.676. The summed E-state index contributed by atoms with van der Waals surface area (Å²) in [5.74, 6) is 1.52. The number of para-hydroxylation sites is 6. The Morgan fingerprint density at radius 1 is 0.193 bits per heavy atom. The van der Waals surface area contributed by atoms with Crippen molar-refractivity contribution in [3.63, 3.8) is 0 Å². The molecule has 0 saturated heterocycles. The molecule has 6 nitrogen and oxygen atoms in total. The smallest absolute Gasteiger partial charge is 0.162 e. The van der Waals surface area contributed by atoms with E-state index < -0.39 is 0 Å². The van der Waals surface area contributed by atoms with E-state index in [1.165, 1.54) is 92.9 Å². The van der Waals surface area contributed by atoms with Gasteiger partial charge in [0.15, 0.2) is 5.82 Å². The predicted octanol–water partition coefficient (Wildman–Crippen LogP) is 21.3. The standard InChI is InChI=1S/C82H50N6/c1-3-18-59(19-4-1)85-72-27-13-9-23-63(72)68-47-54(35-41-76(68)85)56-37-43-78-70(49-56)65-25-11-15-29-74(65)87(78)61-39-33-52-45-58(32-31-53(52)46-61)81-83-80-62-22-8-7-17-51(62)34-40-67(80)82(84-81)88-75-30-16-12-26-66(75)71-50-57(38-44-79(71)88)55-36-42-77-69(48-55)64-24-10-14-28-73(64)86(77)60-20-5-2-6-21-60/h1-50H. The molecule has 0 amide bonds. The van der Waals surface area contributed by atoms with Gasteiger partial charge in [-0.15, -0.1) is 0 Å². The largest absolute Gasteiger partial charge is 0.309 e. The van der Waals surface area contributed by atoms with Gasteiger partial charge in [-0.1, -0.05) is 182 Å². The van der Waals surface area contributed by atoms with E-state index in [0.29, 0.717) is 5.82 Å². The summed E-state index contributed by atoms with van der Waals surface area (Å²) in [5.41, 5.74) is 19.3. The fraction of sp³-hybridized carbons (Fsp3) is 0. The summed E-state index contributed by atoms with van der Waals surface area (Å²) in [6.45, 7) is 0. The predicted molar refractivity (Wildman–Crippen MR) is 368 cm³/mol. The summed E-state index contributed by atoms with van der Waals surface area (Å²) in [6, 6.07) is 111. The molecule has 0 spiro atoms. The molecule has 0 saturated carbocycles. The van der Waals surface area contributed by atoms with Crippen molar-refractivity contribution in [3.05, 3.63) is 303 Å². The number of hydrogen-bond acceptors (Lipinski definition) is 2. The van der Waals surface area contributed by atoms with Crippen molar-refractivity contribution in [3.8, 4) is 56.5 Å². The highest BCUT2D eigenvalue weighted by Crippen LogP contribution is 2.43. The second-order valence-corrected chi connectivity index (χ2v) is 23.3. The Morgan fingerprint density at radius 3 is 1.06 bits per heavy atom. The molecule has 5 heterocycles. The molecular weight excluding hydrogens is 1070 g/mol. The van der Waals surface area contributed by atoms with Gasteiger partial charge < -0.3 is 13.7 Å². The molecule has 19 aromatic rings. The minimum absolute atomic E-state index is 0.676. The summed E-state index contributed by atoms with van der Waals surface area (Å²) < 4.78 is 9.53. The van der Waals surface area contributed by atoms with E-state index >= 15 is 0 Å². The number of rotatable bonds is 7.